The van der Waals surface area contributed by atoms with E-state index in [0.29, 0.717) is 24.6 Å². The molecule has 0 aliphatic carbocycles. The number of nitrogens with one attached hydrogen (secondary N) is 1. The SMILES string of the molecule is CC(COc1ccc(CCO)cc1)NCC(O)c1cccc(Cl)c1. The third-order valence-corrected chi connectivity index (χ3v) is 3.95. The van der Waals surface area contributed by atoms with Crippen molar-refractivity contribution in [2.75, 3.05) is 19.8 Å². The van der Waals surface area contributed by atoms with Gasteiger partial charge in [0.1, 0.15) is 12.4 Å². The summed E-state index contributed by atoms with van der Waals surface area (Å²) in [6, 6.07) is 15.0. The van der Waals surface area contributed by atoms with Crippen LogP contribution in [0, 0.1) is 0 Å². The lowest BCUT2D eigenvalue weighted by Gasteiger charge is -2.18. The molecule has 5 heteroatoms. The lowest BCUT2D eigenvalue weighted by Crippen LogP contribution is -2.34. The van der Waals surface area contributed by atoms with Crippen LogP contribution in [0.2, 0.25) is 5.02 Å². The van der Waals surface area contributed by atoms with E-state index in [1.165, 1.54) is 0 Å². The Labute approximate surface area is 148 Å². The van der Waals surface area contributed by atoms with Gasteiger partial charge in [-0.1, -0.05) is 35.9 Å². The van der Waals surface area contributed by atoms with E-state index in [0.717, 1.165) is 16.9 Å². The molecule has 0 spiro atoms. The second-order valence-corrected chi connectivity index (χ2v) is 6.25. The molecule has 0 aliphatic heterocycles. The van der Waals surface area contributed by atoms with E-state index in [4.69, 9.17) is 21.4 Å². The van der Waals surface area contributed by atoms with E-state index in [1.54, 1.807) is 12.1 Å². The van der Waals surface area contributed by atoms with Gasteiger partial charge in [-0.2, -0.15) is 0 Å². The van der Waals surface area contributed by atoms with Gasteiger partial charge in [-0.05, 0) is 48.7 Å². The zero-order valence-electron chi connectivity index (χ0n) is 13.8. The molecule has 0 saturated heterocycles. The van der Waals surface area contributed by atoms with Gasteiger partial charge in [0.05, 0.1) is 6.10 Å². The first-order valence-electron chi connectivity index (χ1n) is 8.08. The quantitative estimate of drug-likeness (QED) is 0.651. The zero-order chi connectivity index (χ0) is 17.4. The van der Waals surface area contributed by atoms with Crippen molar-refractivity contribution >= 4 is 11.6 Å². The fraction of sp³-hybridized carbons (Fsp3) is 0.368. The standard InChI is InChI=1S/C19H24ClNO3/c1-14(13-24-18-7-5-15(6-8-18)9-10-22)21-12-19(23)16-3-2-4-17(20)11-16/h2-8,11,14,19,21-23H,9-10,12-13H2,1H3. The van der Waals surface area contributed by atoms with Crippen molar-refractivity contribution in [1.82, 2.24) is 5.32 Å². The number of halogens is 1. The maximum Gasteiger partial charge on any atom is 0.119 e. The third kappa shape index (κ3) is 6.13. The van der Waals surface area contributed by atoms with Crippen LogP contribution in [0.5, 0.6) is 5.75 Å². The molecule has 0 amide bonds. The van der Waals surface area contributed by atoms with Crippen molar-refractivity contribution in [2.45, 2.75) is 25.5 Å². The molecule has 130 valence electrons. The van der Waals surface area contributed by atoms with Gasteiger partial charge < -0.3 is 20.3 Å². The topological polar surface area (TPSA) is 61.7 Å². The van der Waals surface area contributed by atoms with Gasteiger partial charge >= 0.3 is 0 Å². The van der Waals surface area contributed by atoms with Crippen LogP contribution in [0.4, 0.5) is 0 Å². The van der Waals surface area contributed by atoms with Gasteiger partial charge in [0.15, 0.2) is 0 Å². The Morgan fingerprint density at radius 3 is 2.58 bits per heavy atom. The number of benzene rings is 2. The van der Waals surface area contributed by atoms with Gasteiger partial charge in [-0.15, -0.1) is 0 Å². The minimum atomic E-state index is -0.607. The molecule has 0 fully saturated rings. The Bertz CT molecular complexity index is 618. The summed E-state index contributed by atoms with van der Waals surface area (Å²) < 4.78 is 5.73. The van der Waals surface area contributed by atoms with Crippen molar-refractivity contribution in [1.29, 1.82) is 0 Å². The van der Waals surface area contributed by atoms with Crippen molar-refractivity contribution in [2.24, 2.45) is 0 Å². The van der Waals surface area contributed by atoms with Crippen LogP contribution in [0.3, 0.4) is 0 Å². The van der Waals surface area contributed by atoms with Crippen molar-refractivity contribution < 1.29 is 14.9 Å². The van der Waals surface area contributed by atoms with E-state index in [1.807, 2.05) is 43.3 Å². The van der Waals surface area contributed by atoms with Crippen molar-refractivity contribution in [3.8, 4) is 5.75 Å². The van der Waals surface area contributed by atoms with E-state index in [9.17, 15) is 5.11 Å². The predicted octanol–water partition coefficient (Wildman–Crippen LogP) is 2.97. The molecular formula is C19H24ClNO3. The van der Waals surface area contributed by atoms with E-state index < -0.39 is 6.10 Å². The highest BCUT2D eigenvalue weighted by molar-refractivity contribution is 6.30. The average Bonchev–Trinajstić information content (AvgIpc) is 2.59. The smallest absolute Gasteiger partial charge is 0.119 e. The van der Waals surface area contributed by atoms with Gasteiger partial charge in [0.2, 0.25) is 0 Å². The first-order chi connectivity index (χ1) is 11.6. The second-order valence-electron chi connectivity index (χ2n) is 5.81. The fourth-order valence-corrected chi connectivity index (χ4v) is 2.50. The molecule has 4 nitrogen and oxygen atoms in total. The first-order valence-corrected chi connectivity index (χ1v) is 8.46. The maximum absolute atomic E-state index is 10.2. The van der Waals surface area contributed by atoms with Crippen LogP contribution in [0.25, 0.3) is 0 Å². The molecule has 0 aromatic heterocycles. The van der Waals surface area contributed by atoms with E-state index in [-0.39, 0.29) is 12.6 Å². The maximum atomic E-state index is 10.2. The van der Waals surface area contributed by atoms with Crippen LogP contribution in [-0.4, -0.2) is 36.0 Å². The Kier molecular flexibility index (Phi) is 7.53. The lowest BCUT2D eigenvalue weighted by atomic mass is 10.1. The van der Waals surface area contributed by atoms with Crippen LogP contribution in [0.1, 0.15) is 24.2 Å². The number of aliphatic hydroxyl groups is 2. The van der Waals surface area contributed by atoms with E-state index in [2.05, 4.69) is 5.32 Å². The number of ether oxygens (including phenoxy) is 1. The summed E-state index contributed by atoms with van der Waals surface area (Å²) in [6.07, 6.45) is 0.0449. The monoisotopic (exact) mass is 349 g/mol. The molecule has 2 unspecified atom stereocenters. The van der Waals surface area contributed by atoms with Gasteiger partial charge in [0, 0.05) is 24.2 Å². The van der Waals surface area contributed by atoms with Crippen LogP contribution >= 0.6 is 11.6 Å². The molecular weight excluding hydrogens is 326 g/mol. The van der Waals surface area contributed by atoms with Crippen molar-refractivity contribution in [3.63, 3.8) is 0 Å². The molecule has 2 rings (SSSR count). The highest BCUT2D eigenvalue weighted by Gasteiger charge is 2.10. The highest BCUT2D eigenvalue weighted by atomic mass is 35.5. The molecule has 2 aromatic carbocycles. The second kappa shape index (κ2) is 9.64. The highest BCUT2D eigenvalue weighted by Crippen LogP contribution is 2.17. The largest absolute Gasteiger partial charge is 0.492 e. The Hall–Kier alpha value is -1.59. The molecule has 24 heavy (non-hydrogen) atoms. The Morgan fingerprint density at radius 1 is 1.17 bits per heavy atom. The summed E-state index contributed by atoms with van der Waals surface area (Å²) in [5.74, 6) is 0.792. The number of aliphatic hydroxyl groups excluding tert-OH is 2. The van der Waals surface area contributed by atoms with Gasteiger partial charge in [-0.3, -0.25) is 0 Å². The normalized spacial score (nSPS) is 13.5. The lowest BCUT2D eigenvalue weighted by molar-refractivity contribution is 0.163. The minimum Gasteiger partial charge on any atom is -0.492 e. The summed E-state index contributed by atoms with van der Waals surface area (Å²) in [7, 11) is 0. The number of hydrogen-bond acceptors (Lipinski definition) is 4. The summed E-state index contributed by atoms with van der Waals surface area (Å²) in [5.41, 5.74) is 1.88. The molecule has 0 bridgehead atoms. The summed E-state index contributed by atoms with van der Waals surface area (Å²) in [6.45, 7) is 3.09. The van der Waals surface area contributed by atoms with Crippen molar-refractivity contribution in [3.05, 3.63) is 64.7 Å². The summed E-state index contributed by atoms with van der Waals surface area (Å²) in [5, 5.41) is 22.9. The molecule has 0 aliphatic rings. The summed E-state index contributed by atoms with van der Waals surface area (Å²) >= 11 is 5.93. The van der Waals surface area contributed by atoms with Gasteiger partial charge in [0.25, 0.3) is 0 Å². The van der Waals surface area contributed by atoms with Crippen LogP contribution < -0.4 is 10.1 Å². The Morgan fingerprint density at radius 2 is 1.92 bits per heavy atom. The molecule has 0 saturated carbocycles. The Balaban J connectivity index is 1.73. The third-order valence-electron chi connectivity index (χ3n) is 3.72. The number of rotatable bonds is 9. The molecule has 0 heterocycles. The molecule has 2 atom stereocenters. The zero-order valence-corrected chi connectivity index (χ0v) is 14.5. The fourth-order valence-electron chi connectivity index (χ4n) is 2.31. The van der Waals surface area contributed by atoms with Crippen LogP contribution in [-0.2, 0) is 6.42 Å². The van der Waals surface area contributed by atoms with E-state index >= 15 is 0 Å². The first kappa shape index (κ1) is 18.7. The average molecular weight is 350 g/mol. The summed E-state index contributed by atoms with van der Waals surface area (Å²) in [4.78, 5) is 0. The molecule has 0 radical (unpaired) electrons. The predicted molar refractivity (Wildman–Crippen MR) is 96.6 cm³/mol. The number of hydrogen-bond donors (Lipinski definition) is 3. The van der Waals surface area contributed by atoms with Gasteiger partial charge in [-0.25, -0.2) is 0 Å². The molecule has 3 N–H and O–H groups in total. The minimum absolute atomic E-state index is 0.0935. The molecule has 2 aromatic rings. The van der Waals surface area contributed by atoms with Crippen LogP contribution in [0.15, 0.2) is 48.5 Å².